The summed E-state index contributed by atoms with van der Waals surface area (Å²) in [7, 11) is 0. The van der Waals surface area contributed by atoms with Crippen LogP contribution in [0, 0.1) is 0 Å². The van der Waals surface area contributed by atoms with E-state index in [1.54, 1.807) is 24.3 Å². The third kappa shape index (κ3) is 3.77. The second-order valence-electron chi connectivity index (χ2n) is 7.24. The van der Waals surface area contributed by atoms with Crippen molar-refractivity contribution in [2.75, 3.05) is 0 Å². The summed E-state index contributed by atoms with van der Waals surface area (Å²) < 4.78 is 0. The largest absolute Gasteiger partial charge is 0.507 e. The number of fused-ring (bicyclic) bond motifs is 2. The molecule has 0 aliphatic rings. The molecule has 4 N–H and O–H groups in total. The molecule has 6 heteroatoms. The zero-order valence-corrected chi connectivity index (χ0v) is 17.0. The molecule has 0 saturated carbocycles. The van der Waals surface area contributed by atoms with E-state index in [9.17, 15) is 10.2 Å². The standard InChI is InChI=1S/2C13H10N2O/c2*16-12-8-4-1-5-9(12)13-14-10-6-2-3-7-11(10)15-13/h2*1-8,16H,(H,14,15). The maximum atomic E-state index is 9.73. The minimum absolute atomic E-state index is 0.238. The van der Waals surface area contributed by atoms with Crippen LogP contribution < -0.4 is 0 Å². The molecule has 32 heavy (non-hydrogen) atoms. The number of aromatic nitrogens is 4. The van der Waals surface area contributed by atoms with Crippen LogP contribution in [0.4, 0.5) is 0 Å². The van der Waals surface area contributed by atoms with Gasteiger partial charge in [-0.25, -0.2) is 9.97 Å². The van der Waals surface area contributed by atoms with Crippen molar-refractivity contribution in [2.45, 2.75) is 0 Å². The van der Waals surface area contributed by atoms with Crippen LogP contribution in [0.2, 0.25) is 0 Å². The normalized spacial score (nSPS) is 10.8. The molecular weight excluding hydrogens is 400 g/mol. The highest BCUT2D eigenvalue weighted by Gasteiger charge is 2.09. The number of phenols is 2. The van der Waals surface area contributed by atoms with E-state index in [-0.39, 0.29) is 11.5 Å². The average molecular weight is 420 g/mol. The van der Waals surface area contributed by atoms with Gasteiger partial charge in [0.05, 0.1) is 33.2 Å². The molecule has 0 radical (unpaired) electrons. The van der Waals surface area contributed by atoms with E-state index < -0.39 is 0 Å². The van der Waals surface area contributed by atoms with Gasteiger partial charge in [-0.3, -0.25) is 0 Å². The first-order chi connectivity index (χ1) is 15.7. The lowest BCUT2D eigenvalue weighted by Crippen LogP contribution is -1.80. The number of para-hydroxylation sites is 6. The number of hydrogen-bond acceptors (Lipinski definition) is 4. The van der Waals surface area contributed by atoms with Gasteiger partial charge in [-0.2, -0.15) is 0 Å². The molecule has 2 aromatic heterocycles. The Morgan fingerprint density at radius 1 is 0.469 bits per heavy atom. The fourth-order valence-corrected chi connectivity index (χ4v) is 3.51. The van der Waals surface area contributed by atoms with Crippen molar-refractivity contribution in [3.8, 4) is 34.3 Å². The number of hydrogen-bond donors (Lipinski definition) is 4. The highest BCUT2D eigenvalue weighted by Crippen LogP contribution is 2.28. The summed E-state index contributed by atoms with van der Waals surface area (Å²) in [4.78, 5) is 15.2. The summed E-state index contributed by atoms with van der Waals surface area (Å²) in [6.45, 7) is 0. The molecule has 6 rings (SSSR count). The monoisotopic (exact) mass is 420 g/mol. The highest BCUT2D eigenvalue weighted by molar-refractivity contribution is 5.81. The number of H-pyrrole nitrogens is 2. The summed E-state index contributed by atoms with van der Waals surface area (Å²) in [5.41, 5.74) is 5.19. The predicted molar refractivity (Wildman–Crippen MR) is 126 cm³/mol. The van der Waals surface area contributed by atoms with Gasteiger partial charge < -0.3 is 20.2 Å². The maximum absolute atomic E-state index is 9.73. The van der Waals surface area contributed by atoms with Crippen molar-refractivity contribution < 1.29 is 10.2 Å². The zero-order chi connectivity index (χ0) is 21.9. The molecule has 6 aromatic rings. The summed E-state index contributed by atoms with van der Waals surface area (Å²) in [5, 5.41) is 19.5. The van der Waals surface area contributed by atoms with E-state index in [1.165, 1.54) is 0 Å². The van der Waals surface area contributed by atoms with Gasteiger partial charge in [0.25, 0.3) is 0 Å². The molecule has 4 aromatic carbocycles. The Morgan fingerprint density at radius 3 is 1.25 bits per heavy atom. The molecule has 0 aliphatic heterocycles. The first-order valence-corrected chi connectivity index (χ1v) is 10.2. The molecule has 0 atom stereocenters. The number of benzene rings is 4. The Balaban J connectivity index is 0.000000135. The number of nitrogens with one attached hydrogen (secondary N) is 2. The van der Waals surface area contributed by atoms with E-state index in [0.29, 0.717) is 11.6 Å². The Labute approximate surface area is 183 Å². The van der Waals surface area contributed by atoms with Crippen LogP contribution in [0.1, 0.15) is 0 Å². The molecule has 0 amide bonds. The predicted octanol–water partition coefficient (Wildman–Crippen LogP) is 5.87. The van der Waals surface area contributed by atoms with Crippen LogP contribution in [0.25, 0.3) is 44.8 Å². The van der Waals surface area contributed by atoms with Gasteiger partial charge in [-0.15, -0.1) is 0 Å². The molecule has 6 nitrogen and oxygen atoms in total. The van der Waals surface area contributed by atoms with Crippen molar-refractivity contribution in [3.63, 3.8) is 0 Å². The molecule has 0 aliphatic carbocycles. The zero-order valence-electron chi connectivity index (χ0n) is 17.0. The lowest BCUT2D eigenvalue weighted by Gasteiger charge is -1.98. The van der Waals surface area contributed by atoms with Crippen molar-refractivity contribution in [1.82, 2.24) is 19.9 Å². The second kappa shape index (κ2) is 8.28. The minimum Gasteiger partial charge on any atom is -0.507 e. The Morgan fingerprint density at radius 2 is 0.844 bits per heavy atom. The topological polar surface area (TPSA) is 97.8 Å². The second-order valence-corrected chi connectivity index (χ2v) is 7.24. The number of nitrogens with zero attached hydrogens (tertiary/aromatic N) is 2. The van der Waals surface area contributed by atoms with Crippen LogP contribution in [-0.2, 0) is 0 Å². The molecule has 0 bridgehead atoms. The first kappa shape index (κ1) is 19.4. The number of rotatable bonds is 2. The van der Waals surface area contributed by atoms with Crippen LogP contribution >= 0.6 is 0 Å². The minimum atomic E-state index is 0.238. The van der Waals surface area contributed by atoms with Crippen LogP contribution in [-0.4, -0.2) is 30.1 Å². The third-order valence-corrected chi connectivity index (χ3v) is 5.10. The molecule has 0 saturated heterocycles. The van der Waals surface area contributed by atoms with Gasteiger partial charge >= 0.3 is 0 Å². The first-order valence-electron chi connectivity index (χ1n) is 10.2. The Hall–Kier alpha value is -4.58. The van der Waals surface area contributed by atoms with Crippen LogP contribution in [0.3, 0.4) is 0 Å². The van der Waals surface area contributed by atoms with E-state index in [0.717, 1.165) is 33.2 Å². The van der Waals surface area contributed by atoms with E-state index in [1.807, 2.05) is 72.8 Å². The van der Waals surface area contributed by atoms with E-state index in [2.05, 4.69) is 19.9 Å². The van der Waals surface area contributed by atoms with Gasteiger partial charge in [0.2, 0.25) is 0 Å². The van der Waals surface area contributed by atoms with E-state index >= 15 is 0 Å². The van der Waals surface area contributed by atoms with Crippen molar-refractivity contribution in [1.29, 1.82) is 0 Å². The number of phenolic OH excluding ortho intramolecular Hbond substituents is 2. The molecule has 2 heterocycles. The van der Waals surface area contributed by atoms with Crippen molar-refractivity contribution >= 4 is 22.1 Å². The molecule has 156 valence electrons. The number of aromatic amines is 2. The van der Waals surface area contributed by atoms with Crippen LogP contribution in [0.5, 0.6) is 11.5 Å². The molecule has 0 spiro atoms. The van der Waals surface area contributed by atoms with Gasteiger partial charge in [-0.05, 0) is 48.5 Å². The summed E-state index contributed by atoms with van der Waals surface area (Å²) in [5.74, 6) is 1.86. The molecular formula is C26H20N4O2. The Bertz CT molecular complexity index is 1340. The fourth-order valence-electron chi connectivity index (χ4n) is 3.51. The number of imidazole rings is 2. The summed E-state index contributed by atoms with van der Waals surface area (Å²) in [6.07, 6.45) is 0. The molecule has 0 fully saturated rings. The fraction of sp³-hybridized carbons (Fsp3) is 0. The van der Waals surface area contributed by atoms with Gasteiger partial charge in [0.15, 0.2) is 0 Å². The van der Waals surface area contributed by atoms with Gasteiger partial charge in [-0.1, -0.05) is 48.5 Å². The maximum Gasteiger partial charge on any atom is 0.142 e. The third-order valence-electron chi connectivity index (χ3n) is 5.10. The number of aromatic hydroxyl groups is 2. The Kier molecular flexibility index (Phi) is 5.01. The SMILES string of the molecule is Oc1ccccc1-c1nc2ccccc2[nH]1.Oc1ccccc1-c1nc2ccccc2[nH]1. The van der Waals surface area contributed by atoms with Gasteiger partial charge in [0.1, 0.15) is 23.1 Å². The van der Waals surface area contributed by atoms with Crippen LogP contribution in [0.15, 0.2) is 97.1 Å². The molecule has 0 unspecified atom stereocenters. The van der Waals surface area contributed by atoms with Gasteiger partial charge in [0, 0.05) is 0 Å². The lowest BCUT2D eigenvalue weighted by molar-refractivity contribution is 0.476. The highest BCUT2D eigenvalue weighted by atomic mass is 16.3. The smallest absolute Gasteiger partial charge is 0.142 e. The average Bonchev–Trinajstić information content (AvgIpc) is 3.44. The van der Waals surface area contributed by atoms with Crippen molar-refractivity contribution in [3.05, 3.63) is 97.1 Å². The quantitative estimate of drug-likeness (QED) is 0.281. The summed E-state index contributed by atoms with van der Waals surface area (Å²) >= 11 is 0. The summed E-state index contributed by atoms with van der Waals surface area (Å²) in [6, 6.07) is 29.9. The lowest BCUT2D eigenvalue weighted by atomic mass is 10.2. The van der Waals surface area contributed by atoms with Crippen molar-refractivity contribution in [2.24, 2.45) is 0 Å². The van der Waals surface area contributed by atoms with E-state index in [4.69, 9.17) is 0 Å².